The molecular formula is C19H24N6O2. The van der Waals surface area contributed by atoms with E-state index < -0.39 is 5.54 Å². The maximum Gasteiger partial charge on any atom is 0.252 e. The van der Waals surface area contributed by atoms with E-state index in [-0.39, 0.29) is 11.5 Å². The Morgan fingerprint density at radius 3 is 2.67 bits per heavy atom. The second-order valence-corrected chi connectivity index (χ2v) is 7.19. The summed E-state index contributed by atoms with van der Waals surface area (Å²) in [5, 5.41) is 11.0. The zero-order valence-corrected chi connectivity index (χ0v) is 15.9. The molecule has 27 heavy (non-hydrogen) atoms. The van der Waals surface area contributed by atoms with E-state index in [1.807, 2.05) is 13.2 Å². The van der Waals surface area contributed by atoms with Crippen molar-refractivity contribution >= 4 is 28.2 Å². The molecule has 0 unspecified atom stereocenters. The van der Waals surface area contributed by atoms with Gasteiger partial charge in [-0.2, -0.15) is 5.10 Å². The standard InChI is InChI=1S/C19H24N6O2/c1-19(2,18(27)21-9-12-10-22-24(3)11-12)23-15-8-17(26)25(4)16-6-5-13(20)7-14(15)16/h5-8,10-11,23H,9,20H2,1-4H3,(H,21,27). The number of nitrogen functional groups attached to an aromatic ring is 1. The Kier molecular flexibility index (Phi) is 4.65. The highest BCUT2D eigenvalue weighted by Gasteiger charge is 2.28. The monoisotopic (exact) mass is 368 g/mol. The van der Waals surface area contributed by atoms with Gasteiger partial charge in [0, 0.05) is 55.2 Å². The first-order valence-corrected chi connectivity index (χ1v) is 8.60. The maximum atomic E-state index is 12.7. The van der Waals surface area contributed by atoms with E-state index in [1.165, 1.54) is 6.07 Å². The van der Waals surface area contributed by atoms with E-state index in [0.29, 0.717) is 17.9 Å². The summed E-state index contributed by atoms with van der Waals surface area (Å²) in [4.78, 5) is 25.0. The number of amides is 1. The SMILES string of the molecule is Cn1cc(CNC(=O)C(C)(C)Nc2cc(=O)n(C)c3ccc(N)cc23)cn1. The number of nitrogens with zero attached hydrogens (tertiary/aromatic N) is 3. The lowest BCUT2D eigenvalue weighted by Gasteiger charge is -2.27. The lowest BCUT2D eigenvalue weighted by molar-refractivity contribution is -0.124. The summed E-state index contributed by atoms with van der Waals surface area (Å²) in [6.07, 6.45) is 3.55. The molecule has 0 aliphatic heterocycles. The van der Waals surface area contributed by atoms with E-state index >= 15 is 0 Å². The fraction of sp³-hybridized carbons (Fsp3) is 0.316. The van der Waals surface area contributed by atoms with Crippen LogP contribution in [0, 0.1) is 0 Å². The molecule has 3 rings (SSSR count). The van der Waals surface area contributed by atoms with Gasteiger partial charge in [-0.05, 0) is 32.0 Å². The second kappa shape index (κ2) is 6.79. The minimum absolute atomic E-state index is 0.165. The number of carbonyl (C=O) groups is 1. The highest BCUT2D eigenvalue weighted by atomic mass is 16.2. The van der Waals surface area contributed by atoms with Crippen LogP contribution in [0.25, 0.3) is 10.9 Å². The van der Waals surface area contributed by atoms with Gasteiger partial charge in [-0.1, -0.05) is 0 Å². The number of fused-ring (bicyclic) bond motifs is 1. The minimum atomic E-state index is -0.938. The van der Waals surface area contributed by atoms with Crippen molar-refractivity contribution in [3.8, 4) is 0 Å². The number of anilines is 2. The number of aromatic nitrogens is 3. The van der Waals surface area contributed by atoms with Crippen LogP contribution >= 0.6 is 0 Å². The number of aryl methyl sites for hydroxylation is 2. The third-order valence-corrected chi connectivity index (χ3v) is 4.50. The Morgan fingerprint density at radius 2 is 2.00 bits per heavy atom. The number of rotatable bonds is 5. The molecule has 0 bridgehead atoms. The van der Waals surface area contributed by atoms with Crippen LogP contribution in [0.2, 0.25) is 0 Å². The summed E-state index contributed by atoms with van der Waals surface area (Å²) in [6, 6.07) is 6.82. The lowest BCUT2D eigenvalue weighted by Crippen LogP contribution is -2.47. The first-order chi connectivity index (χ1) is 12.7. The largest absolute Gasteiger partial charge is 0.399 e. The van der Waals surface area contributed by atoms with Gasteiger partial charge in [-0.25, -0.2) is 0 Å². The van der Waals surface area contributed by atoms with Crippen molar-refractivity contribution < 1.29 is 4.79 Å². The minimum Gasteiger partial charge on any atom is -0.399 e. The number of nitrogens with two attached hydrogens (primary N) is 1. The number of carbonyl (C=O) groups excluding carboxylic acids is 1. The number of nitrogens with one attached hydrogen (secondary N) is 2. The topological polar surface area (TPSA) is 107 Å². The third-order valence-electron chi connectivity index (χ3n) is 4.50. The average Bonchev–Trinajstić information content (AvgIpc) is 3.02. The van der Waals surface area contributed by atoms with Crippen LogP contribution in [0.3, 0.4) is 0 Å². The van der Waals surface area contributed by atoms with E-state index in [1.54, 1.807) is 54.5 Å². The highest BCUT2D eigenvalue weighted by Crippen LogP contribution is 2.26. The van der Waals surface area contributed by atoms with E-state index in [4.69, 9.17) is 5.73 Å². The predicted octanol–water partition coefficient (Wildman–Crippen LogP) is 1.36. The van der Waals surface area contributed by atoms with Gasteiger partial charge in [0.05, 0.1) is 11.7 Å². The fourth-order valence-electron chi connectivity index (χ4n) is 2.94. The van der Waals surface area contributed by atoms with E-state index in [9.17, 15) is 9.59 Å². The van der Waals surface area contributed by atoms with Crippen LogP contribution < -0.4 is 21.9 Å². The quantitative estimate of drug-likeness (QED) is 0.590. The molecule has 0 saturated heterocycles. The molecule has 0 aliphatic rings. The molecular weight excluding hydrogens is 344 g/mol. The molecule has 0 atom stereocenters. The molecule has 0 radical (unpaired) electrons. The molecule has 3 aromatic rings. The zero-order chi connectivity index (χ0) is 19.8. The summed E-state index contributed by atoms with van der Waals surface area (Å²) >= 11 is 0. The van der Waals surface area contributed by atoms with Gasteiger partial charge in [0.25, 0.3) is 5.56 Å². The Hall–Kier alpha value is -3.29. The molecule has 1 aromatic carbocycles. The summed E-state index contributed by atoms with van der Waals surface area (Å²) < 4.78 is 3.23. The number of pyridine rings is 1. The Labute approximate surface area is 157 Å². The summed E-state index contributed by atoms with van der Waals surface area (Å²) in [5.74, 6) is -0.191. The molecule has 0 spiro atoms. The van der Waals surface area contributed by atoms with Gasteiger partial charge >= 0.3 is 0 Å². The number of benzene rings is 1. The lowest BCUT2D eigenvalue weighted by atomic mass is 10.0. The predicted molar refractivity (Wildman–Crippen MR) is 106 cm³/mol. The van der Waals surface area contributed by atoms with Gasteiger partial charge in [-0.3, -0.25) is 14.3 Å². The van der Waals surface area contributed by atoms with Crippen molar-refractivity contribution in [2.45, 2.75) is 25.9 Å². The summed E-state index contributed by atoms with van der Waals surface area (Å²) in [7, 11) is 3.53. The van der Waals surface area contributed by atoms with Gasteiger partial charge in [0.2, 0.25) is 5.91 Å². The van der Waals surface area contributed by atoms with Crippen molar-refractivity contribution in [1.29, 1.82) is 0 Å². The Balaban J connectivity index is 1.86. The maximum absolute atomic E-state index is 12.7. The average molecular weight is 368 g/mol. The zero-order valence-electron chi connectivity index (χ0n) is 15.9. The molecule has 4 N–H and O–H groups in total. The van der Waals surface area contributed by atoms with Gasteiger partial charge in [-0.15, -0.1) is 0 Å². The van der Waals surface area contributed by atoms with Gasteiger partial charge < -0.3 is 20.9 Å². The fourth-order valence-corrected chi connectivity index (χ4v) is 2.94. The molecule has 8 heteroatoms. The normalized spacial score (nSPS) is 11.6. The van der Waals surface area contributed by atoms with Crippen molar-refractivity contribution in [2.24, 2.45) is 14.1 Å². The van der Waals surface area contributed by atoms with Crippen LogP contribution in [-0.4, -0.2) is 25.8 Å². The molecule has 8 nitrogen and oxygen atoms in total. The highest BCUT2D eigenvalue weighted by molar-refractivity contribution is 5.96. The van der Waals surface area contributed by atoms with E-state index in [2.05, 4.69) is 15.7 Å². The number of hydrogen-bond acceptors (Lipinski definition) is 5. The van der Waals surface area contributed by atoms with Crippen molar-refractivity contribution in [2.75, 3.05) is 11.1 Å². The van der Waals surface area contributed by atoms with Crippen LogP contribution in [-0.2, 0) is 25.4 Å². The van der Waals surface area contributed by atoms with Gasteiger partial charge in [0.15, 0.2) is 0 Å². The number of hydrogen-bond donors (Lipinski definition) is 3. The van der Waals surface area contributed by atoms with Crippen molar-refractivity contribution in [3.63, 3.8) is 0 Å². The molecule has 0 aliphatic carbocycles. The van der Waals surface area contributed by atoms with Gasteiger partial charge in [0.1, 0.15) is 5.54 Å². The smallest absolute Gasteiger partial charge is 0.252 e. The first kappa shape index (κ1) is 18.5. The van der Waals surface area contributed by atoms with Crippen LogP contribution in [0.15, 0.2) is 41.5 Å². The van der Waals surface area contributed by atoms with Crippen molar-refractivity contribution in [3.05, 3.63) is 52.6 Å². The van der Waals surface area contributed by atoms with Crippen molar-refractivity contribution in [1.82, 2.24) is 19.7 Å². The third kappa shape index (κ3) is 3.79. The Bertz CT molecular complexity index is 1060. The molecule has 0 fully saturated rings. The summed E-state index contributed by atoms with van der Waals surface area (Å²) in [6.45, 7) is 3.91. The first-order valence-electron chi connectivity index (χ1n) is 8.60. The molecule has 1 amide bonds. The Morgan fingerprint density at radius 1 is 1.26 bits per heavy atom. The molecule has 2 heterocycles. The molecule has 0 saturated carbocycles. The van der Waals surface area contributed by atoms with E-state index in [0.717, 1.165) is 16.5 Å². The molecule has 142 valence electrons. The second-order valence-electron chi connectivity index (χ2n) is 7.19. The van der Waals surface area contributed by atoms with Crippen LogP contribution in [0.4, 0.5) is 11.4 Å². The summed E-state index contributed by atoms with van der Waals surface area (Å²) in [5.41, 5.74) is 7.62. The van der Waals surface area contributed by atoms with Crippen LogP contribution in [0.1, 0.15) is 19.4 Å². The van der Waals surface area contributed by atoms with Crippen LogP contribution in [0.5, 0.6) is 0 Å². The molecule has 2 aromatic heterocycles.